The molecule has 5 rings (SSSR count). The van der Waals surface area contributed by atoms with Crippen molar-refractivity contribution in [1.82, 2.24) is 25.4 Å². The summed E-state index contributed by atoms with van der Waals surface area (Å²) < 4.78 is 35.4. The van der Waals surface area contributed by atoms with Gasteiger partial charge in [0.15, 0.2) is 5.83 Å². The highest BCUT2D eigenvalue weighted by Crippen LogP contribution is 2.45. The third-order valence-electron chi connectivity index (χ3n) is 8.14. The highest BCUT2D eigenvalue weighted by molar-refractivity contribution is 5.87. The van der Waals surface area contributed by atoms with Crippen LogP contribution in [0.4, 0.5) is 8.78 Å². The summed E-state index contributed by atoms with van der Waals surface area (Å²) in [5.41, 5.74) is -0.627. The summed E-state index contributed by atoms with van der Waals surface area (Å²) in [5.74, 6) is -1.32. The fraction of sp³-hybridized carbons (Fsp3) is 0.448. The summed E-state index contributed by atoms with van der Waals surface area (Å²) in [6.07, 6.45) is 7.46. The Bertz CT molecular complexity index is 1210. The summed E-state index contributed by atoms with van der Waals surface area (Å²) in [6.45, 7) is 3.92. The summed E-state index contributed by atoms with van der Waals surface area (Å²) in [6, 6.07) is 11.5. The Balaban J connectivity index is 1.41. The van der Waals surface area contributed by atoms with Gasteiger partial charge in [-0.15, -0.1) is 0 Å². The first-order valence-electron chi connectivity index (χ1n) is 13.1. The number of pyridine rings is 1. The largest absolute Gasteiger partial charge is 0.354 e. The van der Waals surface area contributed by atoms with Crippen LogP contribution in [0.2, 0.25) is 0 Å². The number of carbonyl (C=O) groups is 1. The number of ether oxygens (including phenoxy) is 1. The van der Waals surface area contributed by atoms with E-state index in [0.29, 0.717) is 31.5 Å². The van der Waals surface area contributed by atoms with Crippen LogP contribution in [0, 0.1) is 11.2 Å². The normalized spacial score (nSPS) is 25.8. The number of allylic oxidation sites excluding steroid dienone is 1. The maximum atomic E-state index is 15.9. The number of dihydropyridines is 1. The van der Waals surface area contributed by atoms with E-state index in [1.165, 1.54) is 31.0 Å². The number of likely N-dealkylation sites (tertiary alicyclic amines) is 2. The third kappa shape index (κ3) is 5.10. The zero-order chi connectivity index (χ0) is 26.8. The van der Waals surface area contributed by atoms with Gasteiger partial charge in [0.05, 0.1) is 11.6 Å². The minimum Gasteiger partial charge on any atom is -0.354 e. The number of halogens is 2. The molecule has 7 nitrogen and oxygen atoms in total. The summed E-state index contributed by atoms with van der Waals surface area (Å²) in [5, 5.41) is 6.28. The van der Waals surface area contributed by atoms with Gasteiger partial charge in [0.2, 0.25) is 11.6 Å². The minimum absolute atomic E-state index is 0.0640. The quantitative estimate of drug-likeness (QED) is 0.580. The number of piperidine rings is 1. The molecule has 202 valence electrons. The van der Waals surface area contributed by atoms with Gasteiger partial charge in [-0.25, -0.2) is 8.78 Å². The number of carbonyl (C=O) groups excluding carboxylic acids is 1. The number of hydrogen-bond donors (Lipinski definition) is 2. The Morgan fingerprint density at radius 1 is 1.18 bits per heavy atom. The molecule has 2 aromatic rings. The molecule has 1 aromatic carbocycles. The van der Waals surface area contributed by atoms with Gasteiger partial charge < -0.3 is 20.3 Å². The first kappa shape index (κ1) is 26.5. The molecule has 2 N–H and O–H groups in total. The molecule has 0 saturated carbocycles. The average molecular weight is 524 g/mol. The maximum absolute atomic E-state index is 15.9. The van der Waals surface area contributed by atoms with E-state index in [1.54, 1.807) is 6.20 Å². The van der Waals surface area contributed by atoms with Crippen LogP contribution < -0.4 is 10.6 Å². The molecule has 2 fully saturated rings. The number of methoxy groups -OCH3 is 1. The molecule has 1 aromatic heterocycles. The van der Waals surface area contributed by atoms with Crippen LogP contribution in [0.25, 0.3) is 0 Å². The Morgan fingerprint density at radius 2 is 1.95 bits per heavy atom. The van der Waals surface area contributed by atoms with Crippen molar-refractivity contribution in [1.29, 1.82) is 0 Å². The second-order valence-corrected chi connectivity index (χ2v) is 10.6. The molecular weight excluding hydrogens is 488 g/mol. The van der Waals surface area contributed by atoms with Crippen LogP contribution in [0.3, 0.4) is 0 Å². The van der Waals surface area contributed by atoms with Gasteiger partial charge in [0.1, 0.15) is 5.82 Å². The standard InChI is InChI=1S/C29H35F2N5O2/c1-35-11-8-25(20-35)34-27(37)28(9-12-36(13-10-28)19-21-6-4-3-5-7-21)22-15-26(31)29(38-2,33-17-22)23-14-24(30)18-32-16-23/h3-7,14-18,25,33H,8-13,19-20H2,1-2H3,(H,34,37)/t25-,29?/m0/s1. The third-order valence-corrected chi connectivity index (χ3v) is 8.14. The molecule has 2 saturated heterocycles. The molecule has 3 aliphatic heterocycles. The average Bonchev–Trinajstić information content (AvgIpc) is 3.34. The van der Waals surface area contributed by atoms with Crippen molar-refractivity contribution in [2.75, 3.05) is 40.3 Å². The predicted molar refractivity (Wildman–Crippen MR) is 141 cm³/mol. The number of amides is 1. The number of aromatic nitrogens is 1. The van der Waals surface area contributed by atoms with Crippen LogP contribution in [-0.4, -0.2) is 67.1 Å². The maximum Gasteiger partial charge on any atom is 0.231 e. The molecular formula is C29H35F2N5O2. The van der Waals surface area contributed by atoms with Crippen molar-refractivity contribution in [3.8, 4) is 0 Å². The summed E-state index contributed by atoms with van der Waals surface area (Å²) >= 11 is 0. The van der Waals surface area contributed by atoms with E-state index in [1.807, 2.05) is 25.2 Å². The van der Waals surface area contributed by atoms with Gasteiger partial charge in [-0.05, 0) is 69.2 Å². The zero-order valence-electron chi connectivity index (χ0n) is 21.9. The monoisotopic (exact) mass is 523 g/mol. The summed E-state index contributed by atoms with van der Waals surface area (Å²) in [4.78, 5) is 22.3. The lowest BCUT2D eigenvalue weighted by molar-refractivity contribution is -0.132. The van der Waals surface area contributed by atoms with Gasteiger partial charge in [0, 0.05) is 44.2 Å². The number of nitrogens with one attached hydrogen (secondary N) is 2. The molecule has 1 amide bonds. The van der Waals surface area contributed by atoms with Crippen molar-refractivity contribution in [2.45, 2.75) is 37.6 Å². The molecule has 9 heteroatoms. The lowest BCUT2D eigenvalue weighted by Crippen LogP contribution is -2.53. The first-order chi connectivity index (χ1) is 18.3. The van der Waals surface area contributed by atoms with Crippen LogP contribution >= 0.6 is 0 Å². The van der Waals surface area contributed by atoms with Crippen molar-refractivity contribution in [3.63, 3.8) is 0 Å². The molecule has 38 heavy (non-hydrogen) atoms. The highest BCUT2D eigenvalue weighted by Gasteiger charge is 2.48. The van der Waals surface area contributed by atoms with E-state index in [0.717, 1.165) is 32.3 Å². The molecule has 0 aliphatic carbocycles. The van der Waals surface area contributed by atoms with E-state index in [9.17, 15) is 9.18 Å². The van der Waals surface area contributed by atoms with Crippen molar-refractivity contribution < 1.29 is 18.3 Å². The van der Waals surface area contributed by atoms with Crippen LogP contribution in [0.15, 0.2) is 72.5 Å². The summed E-state index contributed by atoms with van der Waals surface area (Å²) in [7, 11) is 3.40. The Morgan fingerprint density at radius 3 is 2.58 bits per heavy atom. The van der Waals surface area contributed by atoms with E-state index in [-0.39, 0.29) is 17.5 Å². The second kappa shape index (κ2) is 10.9. The minimum atomic E-state index is -1.71. The first-order valence-corrected chi connectivity index (χ1v) is 13.1. The zero-order valence-corrected chi connectivity index (χ0v) is 21.9. The number of nitrogens with zero attached hydrogens (tertiary/aromatic N) is 3. The number of hydrogen-bond acceptors (Lipinski definition) is 6. The van der Waals surface area contributed by atoms with E-state index < -0.39 is 22.8 Å². The lowest BCUT2D eigenvalue weighted by atomic mass is 9.70. The van der Waals surface area contributed by atoms with Gasteiger partial charge in [-0.1, -0.05) is 30.3 Å². The lowest BCUT2D eigenvalue weighted by Gasteiger charge is -2.44. The number of benzene rings is 1. The molecule has 2 atom stereocenters. The fourth-order valence-corrected chi connectivity index (χ4v) is 5.86. The van der Waals surface area contributed by atoms with E-state index in [4.69, 9.17) is 4.74 Å². The van der Waals surface area contributed by atoms with Crippen molar-refractivity contribution in [2.24, 2.45) is 5.41 Å². The topological polar surface area (TPSA) is 69.7 Å². The smallest absolute Gasteiger partial charge is 0.231 e. The van der Waals surface area contributed by atoms with Gasteiger partial charge in [0.25, 0.3) is 0 Å². The van der Waals surface area contributed by atoms with Gasteiger partial charge in [-0.2, -0.15) is 0 Å². The van der Waals surface area contributed by atoms with Crippen LogP contribution in [-0.2, 0) is 21.8 Å². The number of rotatable bonds is 7. The molecule has 4 heterocycles. The Kier molecular flexibility index (Phi) is 7.61. The van der Waals surface area contributed by atoms with Gasteiger partial charge in [-0.3, -0.25) is 14.7 Å². The SMILES string of the molecule is COC1(c2cncc(F)c2)NC=C(C2(C(=O)N[C@H]3CCN(C)C3)CCN(Cc3ccccc3)CC2)C=C1F. The van der Waals surface area contributed by atoms with Crippen molar-refractivity contribution in [3.05, 3.63) is 89.4 Å². The highest BCUT2D eigenvalue weighted by atomic mass is 19.1. The van der Waals surface area contributed by atoms with Crippen molar-refractivity contribution >= 4 is 5.91 Å². The molecule has 0 spiro atoms. The van der Waals surface area contributed by atoms with Crippen LogP contribution in [0.5, 0.6) is 0 Å². The second-order valence-electron chi connectivity index (χ2n) is 10.6. The Hall–Kier alpha value is -3.14. The van der Waals surface area contributed by atoms with E-state index in [2.05, 4.69) is 37.6 Å². The number of likely N-dealkylation sites (N-methyl/N-ethyl adjacent to an activating group) is 1. The fourth-order valence-electron chi connectivity index (χ4n) is 5.86. The van der Waals surface area contributed by atoms with Gasteiger partial charge >= 0.3 is 0 Å². The van der Waals surface area contributed by atoms with E-state index >= 15 is 4.39 Å². The van der Waals surface area contributed by atoms with Crippen LogP contribution in [0.1, 0.15) is 30.4 Å². The molecule has 3 aliphatic rings. The molecule has 1 unspecified atom stereocenters. The molecule has 0 bridgehead atoms. The Labute approximate surface area is 222 Å². The predicted octanol–water partition coefficient (Wildman–Crippen LogP) is 3.46. The molecule has 0 radical (unpaired) electrons.